The largest absolute Gasteiger partial charge is 0.476 e. The first-order valence-corrected chi connectivity index (χ1v) is 15.3. The summed E-state index contributed by atoms with van der Waals surface area (Å²) in [4.78, 5) is 29.5. The van der Waals surface area contributed by atoms with Crippen LogP contribution in [0.15, 0.2) is 77.8 Å². The molecule has 1 aliphatic rings. The number of methoxy groups -OCH3 is 1. The molecule has 212 valence electrons. The quantitative estimate of drug-likeness (QED) is 0.191. The van der Waals surface area contributed by atoms with Gasteiger partial charge in [-0.05, 0) is 61.4 Å². The molecule has 4 aromatic rings. The Labute approximate surface area is 249 Å². The summed E-state index contributed by atoms with van der Waals surface area (Å²) in [6.45, 7) is 0. The van der Waals surface area contributed by atoms with Crippen LogP contribution in [0.5, 0.6) is 16.6 Å². The van der Waals surface area contributed by atoms with Crippen molar-refractivity contribution in [3.63, 3.8) is 0 Å². The fraction of sp³-hybridized carbons (Fsp3) is 0.179. The highest BCUT2D eigenvalue weighted by Crippen LogP contribution is 2.36. The number of anilines is 1. The lowest BCUT2D eigenvalue weighted by Gasteiger charge is -2.19. The monoisotopic (exact) mass is 632 g/mol. The van der Waals surface area contributed by atoms with Gasteiger partial charge in [0.25, 0.3) is 5.91 Å². The molecule has 1 fully saturated rings. The summed E-state index contributed by atoms with van der Waals surface area (Å²) in [7, 11) is -2.10. The lowest BCUT2D eigenvalue weighted by atomic mass is 10.1. The van der Waals surface area contributed by atoms with Crippen molar-refractivity contribution < 1.29 is 32.2 Å². The number of thiazole rings is 1. The highest BCUT2D eigenvalue weighted by molar-refractivity contribution is 7.92. The number of amides is 1. The Hall–Kier alpha value is -3.64. The van der Waals surface area contributed by atoms with Gasteiger partial charge in [0.15, 0.2) is 15.0 Å². The van der Waals surface area contributed by atoms with Crippen LogP contribution in [0.25, 0.3) is 0 Å². The molecule has 3 aromatic carbocycles. The zero-order valence-corrected chi connectivity index (χ0v) is 24.5. The lowest BCUT2D eigenvalue weighted by Crippen LogP contribution is -2.25. The Kier molecular flexibility index (Phi) is 8.50. The molecule has 0 aliphatic heterocycles. The number of carbonyl (C=O) groups excluding carboxylic acids is 2. The van der Waals surface area contributed by atoms with Crippen LogP contribution in [0.2, 0.25) is 10.0 Å². The van der Waals surface area contributed by atoms with Gasteiger partial charge in [-0.2, -0.15) is 0 Å². The first-order chi connectivity index (χ1) is 19.6. The van der Waals surface area contributed by atoms with Crippen LogP contribution in [0.4, 0.5) is 5.13 Å². The number of hydrogen-bond acceptors (Lipinski definition) is 9. The highest BCUT2D eigenvalue weighted by Gasteiger charge is 2.37. The minimum atomic E-state index is -3.40. The van der Waals surface area contributed by atoms with Gasteiger partial charge >= 0.3 is 5.97 Å². The number of sulfone groups is 1. The van der Waals surface area contributed by atoms with Gasteiger partial charge in [0.1, 0.15) is 11.5 Å². The van der Waals surface area contributed by atoms with Crippen molar-refractivity contribution in [2.45, 2.75) is 29.1 Å². The summed E-state index contributed by atoms with van der Waals surface area (Å²) in [6.07, 6.45) is 1.56. The third-order valence-electron chi connectivity index (χ3n) is 6.07. The first kappa shape index (κ1) is 28.9. The zero-order valence-electron chi connectivity index (χ0n) is 21.4. The second-order valence-corrected chi connectivity index (χ2v) is 13.0. The van der Waals surface area contributed by atoms with Gasteiger partial charge in [-0.15, -0.1) is 0 Å². The van der Waals surface area contributed by atoms with Gasteiger partial charge in [-0.25, -0.2) is 18.2 Å². The van der Waals surface area contributed by atoms with Gasteiger partial charge < -0.3 is 14.2 Å². The van der Waals surface area contributed by atoms with Crippen LogP contribution in [-0.2, 0) is 19.4 Å². The molecule has 13 heteroatoms. The number of halogens is 2. The molecule has 5 rings (SSSR count). The Morgan fingerprint density at radius 3 is 2.29 bits per heavy atom. The van der Waals surface area contributed by atoms with Crippen LogP contribution in [-0.4, -0.2) is 37.6 Å². The van der Waals surface area contributed by atoms with Gasteiger partial charge in [-0.1, -0.05) is 46.7 Å². The Morgan fingerprint density at radius 1 is 0.976 bits per heavy atom. The van der Waals surface area contributed by atoms with E-state index in [0.717, 1.165) is 11.3 Å². The highest BCUT2D eigenvalue weighted by atomic mass is 35.5. The van der Waals surface area contributed by atoms with E-state index in [1.54, 1.807) is 48.5 Å². The van der Waals surface area contributed by atoms with Crippen molar-refractivity contribution in [3.05, 3.63) is 94.1 Å². The summed E-state index contributed by atoms with van der Waals surface area (Å²) in [5, 5.41) is 3.57. The van der Waals surface area contributed by atoms with E-state index in [0.29, 0.717) is 39.8 Å². The SMILES string of the molecule is COC(=O)c1ccc(Oc2cnc(NC(=O)C(Oc3ccc(Cl)c(Cl)c3)c3ccc(S(=O)(=O)C4CC4)cc3)s2)cc1. The van der Waals surface area contributed by atoms with E-state index in [2.05, 4.69) is 15.0 Å². The van der Waals surface area contributed by atoms with E-state index < -0.39 is 27.8 Å². The average molecular weight is 634 g/mol. The molecule has 0 bridgehead atoms. The smallest absolute Gasteiger partial charge is 0.337 e. The molecule has 1 atom stereocenters. The maximum absolute atomic E-state index is 13.4. The summed E-state index contributed by atoms with van der Waals surface area (Å²) in [6, 6.07) is 17.0. The number of nitrogens with zero attached hydrogens (tertiary/aromatic N) is 1. The second-order valence-electron chi connectivity index (χ2n) is 8.98. The van der Waals surface area contributed by atoms with Crippen molar-refractivity contribution in [1.29, 1.82) is 0 Å². The predicted molar refractivity (Wildman–Crippen MR) is 155 cm³/mol. The van der Waals surface area contributed by atoms with Crippen LogP contribution < -0.4 is 14.8 Å². The van der Waals surface area contributed by atoms with Gasteiger partial charge in [0.2, 0.25) is 11.2 Å². The minimum absolute atomic E-state index is 0.193. The number of nitrogens with one attached hydrogen (secondary N) is 1. The van der Waals surface area contributed by atoms with Crippen molar-refractivity contribution in [2.24, 2.45) is 0 Å². The van der Waals surface area contributed by atoms with E-state index in [1.807, 2.05) is 0 Å². The number of carbonyl (C=O) groups is 2. The molecule has 1 heterocycles. The van der Waals surface area contributed by atoms with Gasteiger partial charge in [0, 0.05) is 11.6 Å². The molecular weight excluding hydrogens is 611 g/mol. The van der Waals surface area contributed by atoms with Gasteiger partial charge in [-0.3, -0.25) is 10.1 Å². The van der Waals surface area contributed by atoms with Crippen LogP contribution in [0.1, 0.15) is 34.9 Å². The number of ether oxygens (including phenoxy) is 3. The zero-order chi connectivity index (χ0) is 29.1. The molecule has 1 N–H and O–H groups in total. The molecule has 1 unspecified atom stereocenters. The molecular formula is C28H22Cl2N2O7S2. The molecule has 0 saturated heterocycles. The third kappa shape index (κ3) is 6.82. The first-order valence-electron chi connectivity index (χ1n) is 12.2. The molecule has 1 amide bonds. The van der Waals surface area contributed by atoms with Crippen LogP contribution in [0.3, 0.4) is 0 Å². The molecule has 0 radical (unpaired) electrons. The van der Waals surface area contributed by atoms with Crippen molar-refractivity contribution >= 4 is 61.4 Å². The predicted octanol–water partition coefficient (Wildman–Crippen LogP) is 6.72. The maximum Gasteiger partial charge on any atom is 0.337 e. The molecule has 1 saturated carbocycles. The number of rotatable bonds is 10. The van der Waals surface area contributed by atoms with Crippen molar-refractivity contribution in [2.75, 3.05) is 12.4 Å². The summed E-state index contributed by atoms with van der Waals surface area (Å²) in [5.41, 5.74) is 0.797. The molecule has 1 aromatic heterocycles. The van der Waals surface area contributed by atoms with E-state index in [1.165, 1.54) is 31.5 Å². The number of benzene rings is 3. The topological polar surface area (TPSA) is 121 Å². The van der Waals surface area contributed by atoms with Crippen LogP contribution in [0, 0.1) is 0 Å². The Morgan fingerprint density at radius 2 is 1.66 bits per heavy atom. The molecule has 0 spiro atoms. The number of aromatic nitrogens is 1. The normalized spacial score (nSPS) is 13.7. The van der Waals surface area contributed by atoms with E-state index >= 15 is 0 Å². The van der Waals surface area contributed by atoms with E-state index in [9.17, 15) is 18.0 Å². The fourth-order valence-corrected chi connectivity index (χ4v) is 6.43. The second kappa shape index (κ2) is 12.1. The van der Waals surface area contributed by atoms with Crippen molar-refractivity contribution in [1.82, 2.24) is 4.98 Å². The summed E-state index contributed by atoms with van der Waals surface area (Å²) >= 11 is 13.2. The minimum Gasteiger partial charge on any atom is -0.476 e. The average Bonchev–Trinajstić information content (AvgIpc) is 3.75. The molecule has 9 nitrogen and oxygen atoms in total. The Balaban J connectivity index is 1.34. The van der Waals surface area contributed by atoms with E-state index in [-0.39, 0.29) is 26.0 Å². The Bertz CT molecular complexity index is 1690. The summed E-state index contributed by atoms with van der Waals surface area (Å²) in [5.74, 6) is -0.276. The summed E-state index contributed by atoms with van der Waals surface area (Å²) < 4.78 is 41.7. The van der Waals surface area contributed by atoms with E-state index in [4.69, 9.17) is 32.7 Å². The van der Waals surface area contributed by atoms with Gasteiger partial charge in [0.05, 0.1) is 39.1 Å². The third-order valence-corrected chi connectivity index (χ3v) is 9.87. The molecule has 1 aliphatic carbocycles. The standard InChI is InChI=1S/C28H22Cl2N2O7S2/c1-37-27(34)17-2-6-18(7-3-17)38-24-15-31-28(40-24)32-26(33)25(39-19-8-13-22(29)23(30)14-19)16-4-9-20(10-5-16)41(35,36)21-11-12-21/h2-10,13-15,21,25H,11-12H2,1H3,(H,31,32,33). The van der Waals surface area contributed by atoms with Crippen molar-refractivity contribution in [3.8, 4) is 16.6 Å². The molecule has 41 heavy (non-hydrogen) atoms. The fourth-order valence-electron chi connectivity index (χ4n) is 3.79. The van der Waals surface area contributed by atoms with Crippen LogP contribution >= 0.6 is 34.5 Å². The maximum atomic E-state index is 13.4. The lowest BCUT2D eigenvalue weighted by molar-refractivity contribution is -0.123. The number of hydrogen-bond donors (Lipinski definition) is 1. The number of esters is 1.